The maximum Gasteiger partial charge on any atom is 0.311 e. The number of rotatable bonds is 1. The highest BCUT2D eigenvalue weighted by atomic mass is 35.5. The summed E-state index contributed by atoms with van der Waals surface area (Å²) in [7, 11) is 0. The van der Waals surface area contributed by atoms with E-state index < -0.39 is 6.17 Å². The van der Waals surface area contributed by atoms with Crippen molar-refractivity contribution in [2.45, 2.75) is 6.17 Å². The molecule has 0 aliphatic carbocycles. The van der Waals surface area contributed by atoms with Gasteiger partial charge in [0.15, 0.2) is 0 Å². The molecule has 0 aromatic heterocycles. The highest BCUT2D eigenvalue weighted by Gasteiger charge is 2.33. The molecule has 6 heteroatoms. The lowest BCUT2D eigenvalue weighted by atomic mass is 10.3. The lowest BCUT2D eigenvalue weighted by Gasteiger charge is -2.04. The Morgan fingerprint density at radius 2 is 2.58 bits per heavy atom. The summed E-state index contributed by atoms with van der Waals surface area (Å²) in [6.45, 7) is 0. The second-order valence-corrected chi connectivity index (χ2v) is 2.42. The number of nitroso groups, excluding NO2 is 1. The van der Waals surface area contributed by atoms with Crippen molar-refractivity contribution in [3.8, 4) is 6.07 Å². The van der Waals surface area contributed by atoms with E-state index in [1.807, 2.05) is 0 Å². The molecule has 0 fully saturated rings. The predicted molar refractivity (Wildman–Crippen MR) is 43.5 cm³/mol. The molecule has 0 saturated heterocycles. The SMILES string of the molecule is N#CC1=NC=C(CCl)[N+](=O)C1N. The van der Waals surface area contributed by atoms with Crippen molar-refractivity contribution in [2.75, 3.05) is 5.88 Å². The number of nitrogens with zero attached hydrogens (tertiary/aromatic N) is 3. The van der Waals surface area contributed by atoms with Crippen molar-refractivity contribution in [3.05, 3.63) is 16.8 Å². The Bertz CT molecular complexity index is 314. The second kappa shape index (κ2) is 3.43. The molecule has 1 rings (SSSR count). The molecule has 0 spiro atoms. The van der Waals surface area contributed by atoms with Gasteiger partial charge in [-0.05, 0) is 0 Å². The molecular weight excluding hydrogens is 180 g/mol. The third-order valence-corrected chi connectivity index (χ3v) is 1.69. The zero-order chi connectivity index (χ0) is 9.14. The zero-order valence-corrected chi connectivity index (χ0v) is 6.82. The van der Waals surface area contributed by atoms with Crippen LogP contribution in [-0.4, -0.2) is 22.5 Å². The van der Waals surface area contributed by atoms with Gasteiger partial charge in [-0.25, -0.2) is 4.99 Å². The maximum atomic E-state index is 11.1. The van der Waals surface area contributed by atoms with Crippen LogP contribution in [0.3, 0.4) is 0 Å². The van der Waals surface area contributed by atoms with Crippen LogP contribution < -0.4 is 5.73 Å². The van der Waals surface area contributed by atoms with E-state index in [1.165, 1.54) is 6.20 Å². The highest BCUT2D eigenvalue weighted by molar-refractivity contribution is 6.19. The minimum Gasteiger partial charge on any atom is -0.263 e. The van der Waals surface area contributed by atoms with Crippen LogP contribution in [0, 0.1) is 16.2 Å². The third-order valence-electron chi connectivity index (χ3n) is 1.42. The topological polar surface area (TPSA) is 82.2 Å². The van der Waals surface area contributed by atoms with Crippen LogP contribution in [0.4, 0.5) is 0 Å². The Balaban J connectivity index is 3.02. The van der Waals surface area contributed by atoms with Gasteiger partial charge in [0.05, 0.1) is 4.76 Å². The molecule has 1 aliphatic heterocycles. The molecule has 0 aromatic carbocycles. The van der Waals surface area contributed by atoms with Crippen LogP contribution >= 0.6 is 11.6 Å². The number of hydrogen-bond acceptors (Lipinski definition) is 4. The van der Waals surface area contributed by atoms with Crippen molar-refractivity contribution < 1.29 is 4.76 Å². The molecule has 1 heterocycles. The van der Waals surface area contributed by atoms with Gasteiger partial charge in [0.25, 0.3) is 5.70 Å². The van der Waals surface area contributed by atoms with Gasteiger partial charge in [-0.2, -0.15) is 5.26 Å². The van der Waals surface area contributed by atoms with Crippen LogP contribution in [0.2, 0.25) is 0 Å². The summed E-state index contributed by atoms with van der Waals surface area (Å²) < 4.78 is 0.485. The number of allylic oxidation sites excluding steroid dienone is 1. The molecule has 0 bridgehead atoms. The number of nitrogens with two attached hydrogens (primary N) is 1. The molecule has 5 nitrogen and oxygen atoms in total. The summed E-state index contributed by atoms with van der Waals surface area (Å²) in [4.78, 5) is 14.8. The van der Waals surface area contributed by atoms with Crippen molar-refractivity contribution in [1.29, 1.82) is 5.26 Å². The van der Waals surface area contributed by atoms with E-state index in [1.54, 1.807) is 6.07 Å². The molecule has 0 saturated carbocycles. The smallest absolute Gasteiger partial charge is 0.263 e. The van der Waals surface area contributed by atoms with Crippen molar-refractivity contribution in [2.24, 2.45) is 10.7 Å². The third kappa shape index (κ3) is 1.35. The monoisotopic (exact) mass is 185 g/mol. The van der Waals surface area contributed by atoms with Crippen LogP contribution in [-0.2, 0) is 0 Å². The van der Waals surface area contributed by atoms with Crippen LogP contribution in [0.1, 0.15) is 0 Å². The summed E-state index contributed by atoms with van der Waals surface area (Å²) in [5.41, 5.74) is 5.63. The molecule has 12 heavy (non-hydrogen) atoms. The molecule has 1 atom stereocenters. The van der Waals surface area contributed by atoms with Gasteiger partial charge < -0.3 is 0 Å². The predicted octanol–water partition coefficient (Wildman–Crippen LogP) is 0.108. The van der Waals surface area contributed by atoms with Gasteiger partial charge >= 0.3 is 6.17 Å². The standard InChI is InChI=1S/C6H6ClN4O/c7-1-4-3-10-5(2-8)6(9)11(4)12/h3,6H,1,9H2/q+1. The minimum atomic E-state index is -1.02. The summed E-state index contributed by atoms with van der Waals surface area (Å²) >= 11 is 5.41. The Hall–Kier alpha value is -1.25. The van der Waals surface area contributed by atoms with E-state index in [4.69, 9.17) is 22.6 Å². The van der Waals surface area contributed by atoms with E-state index in [0.29, 0.717) is 4.76 Å². The first kappa shape index (κ1) is 8.84. The first-order chi connectivity index (χ1) is 5.70. The maximum absolute atomic E-state index is 11.1. The lowest BCUT2D eigenvalue weighted by Crippen LogP contribution is -2.41. The molecule has 0 amide bonds. The van der Waals surface area contributed by atoms with Crippen molar-refractivity contribution >= 4 is 17.3 Å². The first-order valence-corrected chi connectivity index (χ1v) is 3.69. The van der Waals surface area contributed by atoms with Gasteiger partial charge in [-0.3, -0.25) is 5.73 Å². The van der Waals surface area contributed by atoms with Crippen molar-refractivity contribution in [3.63, 3.8) is 0 Å². The normalized spacial score (nSPS) is 22.8. The largest absolute Gasteiger partial charge is 0.311 e. The molecule has 1 unspecified atom stereocenters. The number of aliphatic imine (C=N–C) groups is 1. The number of halogens is 1. The van der Waals surface area contributed by atoms with Crippen LogP contribution in [0.15, 0.2) is 16.9 Å². The minimum absolute atomic E-state index is 0.00105. The average molecular weight is 186 g/mol. The van der Waals surface area contributed by atoms with Crippen molar-refractivity contribution in [1.82, 2.24) is 0 Å². The zero-order valence-electron chi connectivity index (χ0n) is 6.07. The summed E-state index contributed by atoms with van der Waals surface area (Å²) in [6, 6.07) is 1.72. The summed E-state index contributed by atoms with van der Waals surface area (Å²) in [5, 5.41) is 8.45. The van der Waals surface area contributed by atoms with Gasteiger partial charge in [0.2, 0.25) is 5.71 Å². The van der Waals surface area contributed by atoms with Crippen LogP contribution in [0.25, 0.3) is 0 Å². The summed E-state index contributed by atoms with van der Waals surface area (Å²) in [6.07, 6.45) is 0.232. The number of hydrogen-bond donors (Lipinski definition) is 1. The fraction of sp³-hybridized carbons (Fsp3) is 0.333. The molecule has 1 aliphatic rings. The number of alkyl halides is 1. The molecule has 62 valence electrons. The molecule has 0 radical (unpaired) electrons. The molecule has 2 N–H and O–H groups in total. The quantitative estimate of drug-likeness (QED) is 0.465. The summed E-state index contributed by atoms with van der Waals surface area (Å²) in [5.74, 6) is 0.0411. The van der Waals surface area contributed by atoms with E-state index >= 15 is 0 Å². The average Bonchev–Trinajstić information content (AvgIpc) is 2.10. The van der Waals surface area contributed by atoms with E-state index in [9.17, 15) is 4.91 Å². The van der Waals surface area contributed by atoms with Gasteiger partial charge in [0, 0.05) is 4.91 Å². The Labute approximate surface area is 73.7 Å². The molecular formula is C6H6ClN4O+. The highest BCUT2D eigenvalue weighted by Crippen LogP contribution is 2.08. The van der Waals surface area contributed by atoms with Crippen LogP contribution in [0.5, 0.6) is 0 Å². The fourth-order valence-electron chi connectivity index (χ4n) is 0.755. The number of nitriles is 1. The Morgan fingerprint density at radius 3 is 3.08 bits per heavy atom. The van der Waals surface area contributed by atoms with Gasteiger partial charge in [-0.1, -0.05) is 0 Å². The molecule has 0 aromatic rings. The lowest BCUT2D eigenvalue weighted by molar-refractivity contribution is -0.520. The first-order valence-electron chi connectivity index (χ1n) is 3.15. The van der Waals surface area contributed by atoms with E-state index in [2.05, 4.69) is 4.99 Å². The van der Waals surface area contributed by atoms with Gasteiger partial charge in [-0.15, -0.1) is 11.6 Å². The fourth-order valence-corrected chi connectivity index (χ4v) is 0.942. The Kier molecular flexibility index (Phi) is 2.53. The second-order valence-electron chi connectivity index (χ2n) is 2.15. The van der Waals surface area contributed by atoms with E-state index in [0.717, 1.165) is 0 Å². The van der Waals surface area contributed by atoms with Gasteiger partial charge in [0.1, 0.15) is 18.1 Å². The Morgan fingerprint density at radius 1 is 1.92 bits per heavy atom. The van der Waals surface area contributed by atoms with E-state index in [-0.39, 0.29) is 17.3 Å².